The third-order valence-electron chi connectivity index (χ3n) is 2.45. The van der Waals surface area contributed by atoms with Gasteiger partial charge in [-0.2, -0.15) is 0 Å². The van der Waals surface area contributed by atoms with Gasteiger partial charge in [0, 0.05) is 6.07 Å². The van der Waals surface area contributed by atoms with E-state index in [9.17, 15) is 9.59 Å². The summed E-state index contributed by atoms with van der Waals surface area (Å²) >= 11 is 2.28. The number of hydrogen-bond acceptors (Lipinski definition) is 6. The van der Waals surface area contributed by atoms with Gasteiger partial charge in [0.25, 0.3) is 0 Å². The molecule has 2 aromatic rings. The van der Waals surface area contributed by atoms with Crippen molar-refractivity contribution < 1.29 is 24.5 Å². The molecule has 0 fully saturated rings. The Labute approximate surface area is 122 Å². The standard InChI is InChI=1S/C12H11NO5S2/c1-18-6-2-3-8-7(4-6)13-12(19-8)20-9(11(16)17)5-10(14)15/h2-4,9H,5H2,1H3,(H,14,15)(H,16,17). The molecule has 0 radical (unpaired) electrons. The largest absolute Gasteiger partial charge is 0.497 e. The zero-order valence-electron chi connectivity index (χ0n) is 10.4. The zero-order chi connectivity index (χ0) is 14.7. The van der Waals surface area contributed by atoms with E-state index in [-0.39, 0.29) is 0 Å². The Morgan fingerprint density at radius 3 is 2.80 bits per heavy atom. The number of aromatic nitrogens is 1. The number of thioether (sulfide) groups is 1. The minimum Gasteiger partial charge on any atom is -0.497 e. The molecule has 0 bridgehead atoms. The highest BCUT2D eigenvalue weighted by Crippen LogP contribution is 2.34. The Morgan fingerprint density at radius 2 is 2.20 bits per heavy atom. The van der Waals surface area contributed by atoms with E-state index in [2.05, 4.69) is 4.98 Å². The lowest BCUT2D eigenvalue weighted by Crippen LogP contribution is -2.20. The number of aliphatic carboxylic acids is 2. The molecule has 1 heterocycles. The van der Waals surface area contributed by atoms with Crippen LogP contribution in [0.1, 0.15) is 6.42 Å². The molecular formula is C12H11NO5S2. The van der Waals surface area contributed by atoms with Crippen LogP contribution in [0.4, 0.5) is 0 Å². The average Bonchev–Trinajstić information content (AvgIpc) is 2.78. The molecule has 1 aromatic heterocycles. The van der Waals surface area contributed by atoms with Crippen LogP contribution in [0.25, 0.3) is 10.2 Å². The van der Waals surface area contributed by atoms with Crippen molar-refractivity contribution in [1.82, 2.24) is 4.98 Å². The summed E-state index contributed by atoms with van der Waals surface area (Å²) in [5.41, 5.74) is 0.705. The van der Waals surface area contributed by atoms with Crippen molar-refractivity contribution in [3.63, 3.8) is 0 Å². The van der Waals surface area contributed by atoms with E-state index in [1.54, 1.807) is 19.2 Å². The number of nitrogens with zero attached hydrogens (tertiary/aromatic N) is 1. The van der Waals surface area contributed by atoms with Gasteiger partial charge in [-0.25, -0.2) is 4.98 Å². The van der Waals surface area contributed by atoms with Crippen LogP contribution in [0.5, 0.6) is 5.75 Å². The molecule has 8 heteroatoms. The van der Waals surface area contributed by atoms with Crippen LogP contribution in [0.2, 0.25) is 0 Å². The molecule has 2 rings (SSSR count). The number of benzene rings is 1. The predicted molar refractivity (Wildman–Crippen MR) is 75.7 cm³/mol. The third-order valence-corrected chi connectivity index (χ3v) is 4.77. The van der Waals surface area contributed by atoms with Crippen LogP contribution in [0.15, 0.2) is 22.5 Å². The minimum absolute atomic E-state index is 0.445. The zero-order valence-corrected chi connectivity index (χ0v) is 12.0. The summed E-state index contributed by atoms with van der Waals surface area (Å²) in [4.78, 5) is 26.0. The second-order valence-corrected chi connectivity index (χ2v) is 6.34. The predicted octanol–water partition coefficient (Wildman–Crippen LogP) is 2.32. The van der Waals surface area contributed by atoms with Crippen LogP contribution < -0.4 is 4.74 Å². The summed E-state index contributed by atoms with van der Waals surface area (Å²) in [5, 5.41) is 16.7. The van der Waals surface area contributed by atoms with Crippen LogP contribution in [0, 0.1) is 0 Å². The first kappa shape index (κ1) is 14.6. The van der Waals surface area contributed by atoms with Crippen LogP contribution >= 0.6 is 23.1 Å². The molecule has 2 N–H and O–H groups in total. The van der Waals surface area contributed by atoms with Gasteiger partial charge in [0.05, 0.1) is 23.7 Å². The number of carbonyl (C=O) groups is 2. The Hall–Kier alpha value is -1.80. The van der Waals surface area contributed by atoms with E-state index in [1.165, 1.54) is 11.3 Å². The second-order valence-electron chi connectivity index (χ2n) is 3.86. The van der Waals surface area contributed by atoms with Gasteiger partial charge in [-0.1, -0.05) is 11.8 Å². The normalized spacial score (nSPS) is 12.2. The highest BCUT2D eigenvalue weighted by molar-refractivity contribution is 8.02. The Kier molecular flexibility index (Phi) is 4.46. The van der Waals surface area contributed by atoms with Gasteiger partial charge in [0.15, 0.2) is 4.34 Å². The quantitative estimate of drug-likeness (QED) is 0.790. The highest BCUT2D eigenvalue weighted by Gasteiger charge is 2.24. The first-order valence-electron chi connectivity index (χ1n) is 5.55. The van der Waals surface area contributed by atoms with Crippen molar-refractivity contribution in [2.45, 2.75) is 16.0 Å². The smallest absolute Gasteiger partial charge is 0.317 e. The number of thiazole rings is 1. The van der Waals surface area contributed by atoms with Gasteiger partial charge in [0.1, 0.15) is 11.0 Å². The fourth-order valence-electron chi connectivity index (χ4n) is 1.52. The van der Waals surface area contributed by atoms with Crippen molar-refractivity contribution in [2.75, 3.05) is 7.11 Å². The van der Waals surface area contributed by atoms with E-state index in [4.69, 9.17) is 14.9 Å². The van der Waals surface area contributed by atoms with E-state index in [0.717, 1.165) is 16.5 Å². The van der Waals surface area contributed by atoms with Gasteiger partial charge in [0.2, 0.25) is 0 Å². The summed E-state index contributed by atoms with van der Waals surface area (Å²) in [7, 11) is 1.55. The summed E-state index contributed by atoms with van der Waals surface area (Å²) in [6, 6.07) is 5.38. The fourth-order valence-corrected chi connectivity index (χ4v) is 3.73. The van der Waals surface area contributed by atoms with E-state index in [1.807, 2.05) is 6.07 Å². The van der Waals surface area contributed by atoms with Crippen molar-refractivity contribution in [2.24, 2.45) is 0 Å². The fraction of sp³-hybridized carbons (Fsp3) is 0.250. The summed E-state index contributed by atoms with van der Waals surface area (Å²) in [6.07, 6.45) is -0.445. The van der Waals surface area contributed by atoms with Gasteiger partial charge in [-0.3, -0.25) is 9.59 Å². The number of rotatable bonds is 6. The monoisotopic (exact) mass is 313 g/mol. The number of hydrogen-bond donors (Lipinski definition) is 2. The second kappa shape index (κ2) is 6.10. The maximum absolute atomic E-state index is 11.0. The number of methoxy groups -OCH3 is 1. The van der Waals surface area contributed by atoms with Gasteiger partial charge < -0.3 is 14.9 Å². The topological polar surface area (TPSA) is 96.7 Å². The Morgan fingerprint density at radius 1 is 1.45 bits per heavy atom. The molecule has 6 nitrogen and oxygen atoms in total. The molecule has 0 aliphatic heterocycles. The molecule has 20 heavy (non-hydrogen) atoms. The Balaban J connectivity index is 2.23. The molecule has 0 aliphatic carbocycles. The average molecular weight is 313 g/mol. The maximum atomic E-state index is 11.0. The third kappa shape index (κ3) is 3.40. The minimum atomic E-state index is -1.16. The first-order valence-corrected chi connectivity index (χ1v) is 7.25. The van der Waals surface area contributed by atoms with Crippen molar-refractivity contribution in [3.8, 4) is 5.75 Å². The molecular weight excluding hydrogens is 302 g/mol. The molecule has 1 unspecified atom stereocenters. The molecule has 106 valence electrons. The molecule has 1 atom stereocenters. The van der Waals surface area contributed by atoms with Crippen LogP contribution in [0.3, 0.4) is 0 Å². The van der Waals surface area contributed by atoms with Crippen LogP contribution in [-0.2, 0) is 9.59 Å². The molecule has 0 saturated carbocycles. The lowest BCUT2D eigenvalue weighted by atomic mass is 10.3. The summed E-state index contributed by atoms with van der Waals surface area (Å²) in [5.74, 6) is -1.64. The number of ether oxygens (including phenoxy) is 1. The summed E-state index contributed by atoms with van der Waals surface area (Å²) in [6.45, 7) is 0. The Bertz CT molecular complexity index is 654. The molecule has 0 saturated heterocycles. The van der Waals surface area contributed by atoms with Crippen molar-refractivity contribution >= 4 is 45.3 Å². The van der Waals surface area contributed by atoms with Gasteiger partial charge in [-0.05, 0) is 12.1 Å². The van der Waals surface area contributed by atoms with E-state index in [0.29, 0.717) is 15.6 Å². The maximum Gasteiger partial charge on any atom is 0.317 e. The van der Waals surface area contributed by atoms with Crippen molar-refractivity contribution in [1.29, 1.82) is 0 Å². The van der Waals surface area contributed by atoms with Gasteiger partial charge in [-0.15, -0.1) is 11.3 Å². The SMILES string of the molecule is COc1ccc2sc(SC(CC(=O)O)C(=O)O)nc2c1. The van der Waals surface area contributed by atoms with Crippen LogP contribution in [-0.4, -0.2) is 39.5 Å². The lowest BCUT2D eigenvalue weighted by molar-refractivity contribution is -0.142. The molecule has 1 aromatic carbocycles. The van der Waals surface area contributed by atoms with E-state index >= 15 is 0 Å². The first-order chi connectivity index (χ1) is 9.49. The van der Waals surface area contributed by atoms with E-state index < -0.39 is 23.6 Å². The molecule has 0 spiro atoms. The molecule has 0 aliphatic rings. The number of fused-ring (bicyclic) bond motifs is 1. The number of carboxylic acids is 2. The lowest BCUT2D eigenvalue weighted by Gasteiger charge is -2.06. The van der Waals surface area contributed by atoms with Crippen molar-refractivity contribution in [3.05, 3.63) is 18.2 Å². The van der Waals surface area contributed by atoms with Gasteiger partial charge >= 0.3 is 11.9 Å². The number of carboxylic acid groups (broad SMARTS) is 2. The molecule has 0 amide bonds. The summed E-state index contributed by atoms with van der Waals surface area (Å²) < 4.78 is 6.52. The highest BCUT2D eigenvalue weighted by atomic mass is 32.2.